The Kier molecular flexibility index (Phi) is 4.90. The minimum absolute atomic E-state index is 0.0698. The van der Waals surface area contributed by atoms with E-state index in [9.17, 15) is 13.2 Å². The molecule has 4 aromatic rings. The number of carbonyl (C=O) groups is 1. The Balaban J connectivity index is 1.24. The van der Waals surface area contributed by atoms with Crippen LogP contribution >= 0.6 is 11.3 Å². The van der Waals surface area contributed by atoms with Crippen LogP contribution in [0.25, 0.3) is 21.3 Å². The summed E-state index contributed by atoms with van der Waals surface area (Å²) in [6.45, 7) is 1.37. The van der Waals surface area contributed by atoms with Crippen molar-refractivity contribution >= 4 is 59.5 Å². The summed E-state index contributed by atoms with van der Waals surface area (Å²) >= 11 is 1.28. The van der Waals surface area contributed by atoms with Crippen LogP contribution in [-0.2, 0) is 14.6 Å². The van der Waals surface area contributed by atoms with Crippen molar-refractivity contribution in [2.45, 2.75) is 17.7 Å². The van der Waals surface area contributed by atoms with E-state index in [1.165, 1.54) is 23.7 Å². The number of amides is 1. The molecule has 1 aliphatic heterocycles. The van der Waals surface area contributed by atoms with Crippen molar-refractivity contribution in [3.8, 4) is 0 Å². The first-order valence-electron chi connectivity index (χ1n) is 9.89. The van der Waals surface area contributed by atoms with Gasteiger partial charge in [0.25, 0.3) is 6.01 Å². The van der Waals surface area contributed by atoms with Gasteiger partial charge in [0.2, 0.25) is 5.91 Å². The highest BCUT2D eigenvalue weighted by atomic mass is 32.2. The predicted octanol–water partition coefficient (Wildman–Crippen LogP) is 3.70. The first-order chi connectivity index (χ1) is 14.9. The molecule has 3 heterocycles. The first kappa shape index (κ1) is 20.0. The van der Waals surface area contributed by atoms with Crippen LogP contribution < -0.4 is 10.2 Å². The lowest BCUT2D eigenvalue weighted by Gasteiger charge is -2.29. The van der Waals surface area contributed by atoms with E-state index in [0.717, 1.165) is 15.8 Å². The molecule has 0 radical (unpaired) electrons. The Bertz CT molecular complexity index is 1350. The summed E-state index contributed by atoms with van der Waals surface area (Å²) < 4.78 is 30.0. The molecule has 1 fully saturated rings. The molecule has 8 nitrogen and oxygen atoms in total. The van der Waals surface area contributed by atoms with E-state index < -0.39 is 9.84 Å². The molecule has 1 aliphatic rings. The molecule has 160 valence electrons. The van der Waals surface area contributed by atoms with Gasteiger partial charge in [0, 0.05) is 25.3 Å². The number of carbonyl (C=O) groups excluding carboxylic acids is 1. The van der Waals surface area contributed by atoms with Gasteiger partial charge in [-0.05, 0) is 43.2 Å². The number of nitrogens with one attached hydrogen (secondary N) is 1. The van der Waals surface area contributed by atoms with Gasteiger partial charge in [0.05, 0.1) is 15.1 Å². The van der Waals surface area contributed by atoms with Gasteiger partial charge in [-0.15, -0.1) is 0 Å². The van der Waals surface area contributed by atoms with E-state index in [1.807, 2.05) is 24.3 Å². The number of hydrogen-bond donors (Lipinski definition) is 1. The van der Waals surface area contributed by atoms with Gasteiger partial charge in [0.15, 0.2) is 20.6 Å². The number of nitrogens with zero attached hydrogens (tertiary/aromatic N) is 3. The second-order valence-corrected chi connectivity index (χ2v) is 10.7. The monoisotopic (exact) mass is 456 g/mol. The van der Waals surface area contributed by atoms with Crippen LogP contribution in [0, 0.1) is 5.92 Å². The number of benzene rings is 2. The fourth-order valence-electron chi connectivity index (χ4n) is 3.72. The number of piperidine rings is 1. The Morgan fingerprint density at radius 2 is 1.90 bits per heavy atom. The number of fused-ring (bicyclic) bond motifs is 2. The number of aromatic nitrogens is 2. The summed E-state index contributed by atoms with van der Waals surface area (Å²) in [5, 5.41) is 3.38. The average Bonchev–Trinajstić information content (AvgIpc) is 3.36. The Labute approximate surface area is 182 Å². The summed E-state index contributed by atoms with van der Waals surface area (Å²) in [5.74, 6) is -0.196. The maximum Gasteiger partial charge on any atom is 0.298 e. The van der Waals surface area contributed by atoms with Crippen molar-refractivity contribution < 1.29 is 17.6 Å². The van der Waals surface area contributed by atoms with Gasteiger partial charge in [-0.25, -0.2) is 13.4 Å². The highest BCUT2D eigenvalue weighted by molar-refractivity contribution is 7.90. The van der Waals surface area contributed by atoms with Gasteiger partial charge >= 0.3 is 0 Å². The minimum Gasteiger partial charge on any atom is -0.423 e. The minimum atomic E-state index is -3.29. The highest BCUT2D eigenvalue weighted by Crippen LogP contribution is 2.30. The molecular weight excluding hydrogens is 436 g/mol. The third kappa shape index (κ3) is 4.00. The summed E-state index contributed by atoms with van der Waals surface area (Å²) in [7, 11) is -3.29. The lowest BCUT2D eigenvalue weighted by Crippen LogP contribution is -2.38. The lowest BCUT2D eigenvalue weighted by atomic mass is 9.96. The van der Waals surface area contributed by atoms with Crippen LogP contribution in [0.4, 0.5) is 11.1 Å². The SMILES string of the molecule is CS(=O)(=O)c1ccc2nc(NC(=O)C3CCN(c4nc5ccccc5o4)CC3)sc2c1. The molecule has 0 spiro atoms. The second kappa shape index (κ2) is 7.61. The van der Waals surface area contributed by atoms with Gasteiger partial charge in [0.1, 0.15) is 5.52 Å². The maximum absolute atomic E-state index is 12.8. The zero-order valence-electron chi connectivity index (χ0n) is 16.7. The van der Waals surface area contributed by atoms with Crippen molar-refractivity contribution in [3.63, 3.8) is 0 Å². The van der Waals surface area contributed by atoms with Crippen LogP contribution in [0.1, 0.15) is 12.8 Å². The van der Waals surface area contributed by atoms with Crippen molar-refractivity contribution in [1.29, 1.82) is 0 Å². The number of para-hydroxylation sites is 2. The Hall–Kier alpha value is -2.98. The van der Waals surface area contributed by atoms with Gasteiger partial charge < -0.3 is 14.6 Å². The largest absolute Gasteiger partial charge is 0.423 e. The molecule has 0 bridgehead atoms. The standard InChI is InChI=1S/C21H20N4O4S2/c1-31(27,28)14-6-7-16-18(12-14)30-20(22-16)24-19(26)13-8-10-25(11-9-13)21-23-15-4-2-3-5-17(15)29-21/h2-7,12-13H,8-11H2,1H3,(H,22,24,26). The van der Waals surface area contributed by atoms with Crippen LogP contribution in [0.3, 0.4) is 0 Å². The van der Waals surface area contributed by atoms with Crippen LogP contribution in [0.5, 0.6) is 0 Å². The number of rotatable bonds is 4. The molecule has 0 atom stereocenters. The van der Waals surface area contributed by atoms with Gasteiger partial charge in [-0.3, -0.25) is 4.79 Å². The van der Waals surface area contributed by atoms with Crippen molar-refractivity contribution in [2.75, 3.05) is 29.6 Å². The molecule has 0 unspecified atom stereocenters. The quantitative estimate of drug-likeness (QED) is 0.499. The van der Waals surface area contributed by atoms with Crippen LogP contribution in [0.15, 0.2) is 51.8 Å². The zero-order chi connectivity index (χ0) is 21.6. The topological polar surface area (TPSA) is 105 Å². The number of thiazole rings is 1. The van der Waals surface area contributed by atoms with E-state index in [-0.39, 0.29) is 16.7 Å². The smallest absolute Gasteiger partial charge is 0.298 e. The van der Waals surface area contributed by atoms with Crippen LogP contribution in [0.2, 0.25) is 0 Å². The number of oxazole rings is 1. The summed E-state index contributed by atoms with van der Waals surface area (Å²) in [5.41, 5.74) is 2.25. The molecule has 2 aromatic heterocycles. The average molecular weight is 457 g/mol. The van der Waals surface area contributed by atoms with Crippen molar-refractivity contribution in [2.24, 2.45) is 5.92 Å². The van der Waals surface area contributed by atoms with E-state index in [4.69, 9.17) is 4.42 Å². The fraction of sp³-hybridized carbons (Fsp3) is 0.286. The van der Waals surface area contributed by atoms with Gasteiger partial charge in [-0.1, -0.05) is 23.5 Å². The zero-order valence-corrected chi connectivity index (χ0v) is 18.4. The van der Waals surface area contributed by atoms with E-state index in [0.29, 0.717) is 42.6 Å². The molecule has 1 saturated heterocycles. The van der Waals surface area contributed by atoms with Crippen LogP contribution in [-0.4, -0.2) is 43.6 Å². The molecular formula is C21H20N4O4S2. The highest BCUT2D eigenvalue weighted by Gasteiger charge is 2.28. The molecule has 10 heteroatoms. The molecule has 0 aliphatic carbocycles. The molecule has 31 heavy (non-hydrogen) atoms. The normalized spacial score (nSPS) is 15.6. The summed E-state index contributed by atoms with van der Waals surface area (Å²) in [4.78, 5) is 24.0. The maximum atomic E-state index is 12.8. The molecule has 0 saturated carbocycles. The summed E-state index contributed by atoms with van der Waals surface area (Å²) in [6.07, 6.45) is 2.55. The third-order valence-corrected chi connectivity index (χ3v) is 7.48. The van der Waals surface area contributed by atoms with E-state index >= 15 is 0 Å². The number of hydrogen-bond acceptors (Lipinski definition) is 8. The predicted molar refractivity (Wildman–Crippen MR) is 120 cm³/mol. The fourth-order valence-corrected chi connectivity index (χ4v) is 5.35. The third-order valence-electron chi connectivity index (χ3n) is 5.44. The summed E-state index contributed by atoms with van der Waals surface area (Å²) in [6, 6.07) is 13.0. The molecule has 1 amide bonds. The molecule has 5 rings (SSSR count). The molecule has 1 N–H and O–H groups in total. The first-order valence-corrected chi connectivity index (χ1v) is 12.6. The lowest BCUT2D eigenvalue weighted by molar-refractivity contribution is -0.120. The van der Waals surface area contributed by atoms with Crippen molar-refractivity contribution in [1.82, 2.24) is 9.97 Å². The molecule has 2 aromatic carbocycles. The van der Waals surface area contributed by atoms with Crippen molar-refractivity contribution in [3.05, 3.63) is 42.5 Å². The number of anilines is 2. The number of sulfone groups is 1. The second-order valence-electron chi connectivity index (χ2n) is 7.64. The Morgan fingerprint density at radius 1 is 1.13 bits per heavy atom. The van der Waals surface area contributed by atoms with Gasteiger partial charge in [-0.2, -0.15) is 4.98 Å². The van der Waals surface area contributed by atoms with E-state index in [2.05, 4.69) is 20.2 Å². The Morgan fingerprint density at radius 3 is 2.65 bits per heavy atom. The van der Waals surface area contributed by atoms with E-state index in [1.54, 1.807) is 12.1 Å².